The van der Waals surface area contributed by atoms with E-state index in [4.69, 9.17) is 0 Å². The molecule has 0 aliphatic rings. The van der Waals surface area contributed by atoms with Crippen LogP contribution in [0.5, 0.6) is 5.75 Å². The first-order chi connectivity index (χ1) is 5.13. The number of rotatable bonds is 1. The number of phenols is 1. The third-order valence-corrected chi connectivity index (χ3v) is 1.97. The van der Waals surface area contributed by atoms with Crippen LogP contribution in [0.15, 0.2) is 18.2 Å². The van der Waals surface area contributed by atoms with Crippen molar-refractivity contribution in [3.8, 4) is 5.75 Å². The van der Waals surface area contributed by atoms with E-state index in [0.717, 1.165) is 5.56 Å². The quantitative estimate of drug-likeness (QED) is 0.591. The average molecular weight is 174 g/mol. The van der Waals surface area contributed by atoms with Crippen molar-refractivity contribution in [2.75, 3.05) is 0 Å². The summed E-state index contributed by atoms with van der Waals surface area (Å²) in [6.45, 7) is 6.20. The minimum atomic E-state index is 0. The van der Waals surface area contributed by atoms with Crippen LogP contribution in [0.4, 0.5) is 0 Å². The second kappa shape index (κ2) is 4.90. The topological polar surface area (TPSA) is 20.2 Å². The van der Waals surface area contributed by atoms with Gasteiger partial charge in [0, 0.05) is 0 Å². The van der Waals surface area contributed by atoms with Gasteiger partial charge in [-0.05, 0) is 30.0 Å². The maximum absolute atomic E-state index is 9.35. The number of hydrogen-bond acceptors (Lipinski definition) is 1. The first-order valence-corrected chi connectivity index (χ1v) is 3.91. The van der Waals surface area contributed by atoms with Crippen LogP contribution in [0.25, 0.3) is 0 Å². The van der Waals surface area contributed by atoms with Crippen molar-refractivity contribution in [2.45, 2.75) is 26.7 Å². The number of hydrogen-bond donors (Lipinski definition) is 1. The zero-order valence-corrected chi connectivity index (χ0v) is 10.3. The fourth-order valence-electron chi connectivity index (χ4n) is 1.27. The number of aromatic hydroxyl groups is 1. The second-order valence-corrected chi connectivity index (χ2v) is 3.15. The van der Waals surface area contributed by atoms with E-state index in [-0.39, 0.29) is 31.0 Å². The minimum Gasteiger partial charge on any atom is -1.00 e. The van der Waals surface area contributed by atoms with Crippen LogP contribution in [-0.4, -0.2) is 5.11 Å². The third-order valence-electron chi connectivity index (χ3n) is 1.97. The summed E-state index contributed by atoms with van der Waals surface area (Å²) in [5.41, 5.74) is 2.23. The Morgan fingerprint density at radius 2 is 1.92 bits per heavy atom. The summed E-state index contributed by atoms with van der Waals surface area (Å²) in [4.78, 5) is 0. The molecule has 0 fully saturated rings. The molecule has 1 N–H and O–H groups in total. The predicted molar refractivity (Wildman–Crippen MR) is 48.0 cm³/mol. The second-order valence-electron chi connectivity index (χ2n) is 3.15. The Bertz CT molecular complexity index is 261. The van der Waals surface area contributed by atoms with E-state index in [2.05, 4.69) is 19.9 Å². The van der Waals surface area contributed by atoms with E-state index in [0.29, 0.717) is 11.7 Å². The molecule has 12 heavy (non-hydrogen) atoms. The molecule has 0 bridgehead atoms. The molecule has 0 unspecified atom stereocenters. The third kappa shape index (κ3) is 2.51. The van der Waals surface area contributed by atoms with Gasteiger partial charge in [-0.3, -0.25) is 0 Å². The molecule has 0 amide bonds. The summed E-state index contributed by atoms with van der Waals surface area (Å²) < 4.78 is 0. The van der Waals surface area contributed by atoms with Crippen LogP contribution >= 0.6 is 0 Å². The van der Waals surface area contributed by atoms with Crippen molar-refractivity contribution in [2.24, 2.45) is 0 Å². The molecule has 62 valence electrons. The molecule has 2 heteroatoms. The minimum absolute atomic E-state index is 0. The average Bonchev–Trinajstić information content (AvgIpc) is 1.94. The fourth-order valence-corrected chi connectivity index (χ4v) is 1.27. The molecule has 1 rings (SSSR count). The molecular formula is C10H15NaO. The van der Waals surface area contributed by atoms with Gasteiger partial charge in [0.05, 0.1) is 0 Å². The van der Waals surface area contributed by atoms with Gasteiger partial charge in [0.25, 0.3) is 0 Å². The summed E-state index contributed by atoms with van der Waals surface area (Å²) in [5.74, 6) is 0.887. The predicted octanol–water partition coefficient (Wildman–Crippen LogP) is -0.0595. The molecule has 1 aromatic carbocycles. The Balaban J connectivity index is 0. The largest absolute Gasteiger partial charge is 1.00 e. The van der Waals surface area contributed by atoms with Gasteiger partial charge >= 0.3 is 29.6 Å². The van der Waals surface area contributed by atoms with E-state index >= 15 is 0 Å². The molecule has 0 aliphatic heterocycles. The van der Waals surface area contributed by atoms with Crippen LogP contribution < -0.4 is 29.6 Å². The van der Waals surface area contributed by atoms with Crippen LogP contribution in [0, 0.1) is 6.92 Å². The molecule has 0 spiro atoms. The number of phenolic OH excluding ortho intramolecular Hbond substituents is 1. The van der Waals surface area contributed by atoms with E-state index in [9.17, 15) is 5.11 Å². The normalized spacial score (nSPS) is 9.67. The Hall–Kier alpha value is 0.0200. The molecule has 1 aromatic rings. The van der Waals surface area contributed by atoms with E-state index < -0.39 is 0 Å². The van der Waals surface area contributed by atoms with E-state index in [1.165, 1.54) is 5.56 Å². The van der Waals surface area contributed by atoms with Crippen molar-refractivity contribution < 1.29 is 36.1 Å². The van der Waals surface area contributed by atoms with Crippen molar-refractivity contribution in [1.82, 2.24) is 0 Å². The van der Waals surface area contributed by atoms with Gasteiger partial charge < -0.3 is 6.53 Å². The summed E-state index contributed by atoms with van der Waals surface area (Å²) in [5, 5.41) is 9.35. The van der Waals surface area contributed by atoms with Gasteiger partial charge in [-0.15, -0.1) is 0 Å². The monoisotopic (exact) mass is 174 g/mol. The first kappa shape index (κ1) is 12.0. The molecule has 0 atom stereocenters. The van der Waals surface area contributed by atoms with Crippen molar-refractivity contribution in [1.29, 1.82) is 0 Å². The van der Waals surface area contributed by atoms with Crippen LogP contribution in [0.1, 0.15) is 32.3 Å². The molecule has 0 aliphatic carbocycles. The smallest absolute Gasteiger partial charge is 1.00 e. The Morgan fingerprint density at radius 3 is 2.33 bits per heavy atom. The molecule has 1 nitrogen and oxygen atoms in total. The van der Waals surface area contributed by atoms with Crippen LogP contribution in [0.2, 0.25) is 0 Å². The molecule has 0 saturated carbocycles. The SMILES string of the molecule is Cc1c(O)cccc1C(C)C.[H-].[Na+]. The van der Waals surface area contributed by atoms with E-state index in [1.807, 2.05) is 13.0 Å². The van der Waals surface area contributed by atoms with Gasteiger partial charge in [-0.1, -0.05) is 26.0 Å². The van der Waals surface area contributed by atoms with Crippen LogP contribution in [-0.2, 0) is 0 Å². The van der Waals surface area contributed by atoms with Gasteiger partial charge in [-0.25, -0.2) is 0 Å². The maximum atomic E-state index is 9.35. The molecule has 0 saturated heterocycles. The fraction of sp³-hybridized carbons (Fsp3) is 0.400. The summed E-state index contributed by atoms with van der Waals surface area (Å²) >= 11 is 0. The summed E-state index contributed by atoms with van der Waals surface area (Å²) in [6, 6.07) is 5.67. The first-order valence-electron chi connectivity index (χ1n) is 3.91. The van der Waals surface area contributed by atoms with Gasteiger partial charge in [0.15, 0.2) is 0 Å². The zero-order valence-electron chi connectivity index (χ0n) is 9.26. The molecule has 0 aromatic heterocycles. The van der Waals surface area contributed by atoms with Crippen LogP contribution in [0.3, 0.4) is 0 Å². The molecular weight excluding hydrogens is 159 g/mol. The standard InChI is InChI=1S/C10H14O.Na.H/c1-7(2)9-5-4-6-10(11)8(9)3;;/h4-7,11H,1-3H3;;/q;+1;-1. The zero-order chi connectivity index (χ0) is 8.43. The van der Waals surface area contributed by atoms with Gasteiger partial charge in [-0.2, -0.15) is 0 Å². The molecule has 0 heterocycles. The Labute approximate surface area is 97.6 Å². The summed E-state index contributed by atoms with van der Waals surface area (Å²) in [7, 11) is 0. The van der Waals surface area contributed by atoms with Crippen molar-refractivity contribution in [3.05, 3.63) is 29.3 Å². The van der Waals surface area contributed by atoms with Crippen molar-refractivity contribution >= 4 is 0 Å². The summed E-state index contributed by atoms with van der Waals surface area (Å²) in [6.07, 6.45) is 0. The maximum Gasteiger partial charge on any atom is 1.00 e. The van der Waals surface area contributed by atoms with E-state index in [1.54, 1.807) is 6.07 Å². The Kier molecular flexibility index (Phi) is 4.91. The van der Waals surface area contributed by atoms with Gasteiger partial charge in [0.2, 0.25) is 0 Å². The number of benzene rings is 1. The van der Waals surface area contributed by atoms with Gasteiger partial charge in [0.1, 0.15) is 5.75 Å². The van der Waals surface area contributed by atoms with Crippen molar-refractivity contribution in [3.63, 3.8) is 0 Å². The Morgan fingerprint density at radius 1 is 1.33 bits per heavy atom. The molecule has 0 radical (unpaired) electrons.